The number of benzene rings is 3. The molecule has 4 heterocycles. The molecule has 7 unspecified atom stereocenters. The van der Waals surface area contributed by atoms with E-state index in [0.717, 1.165) is 22.9 Å². The van der Waals surface area contributed by atoms with Crippen LogP contribution in [0.15, 0.2) is 110 Å². The minimum atomic E-state index is -6.59. The van der Waals surface area contributed by atoms with Gasteiger partial charge in [0.2, 0.25) is 11.6 Å². The molecule has 3 aliphatic heterocycles. The topological polar surface area (TPSA) is 689 Å². The van der Waals surface area contributed by atoms with Gasteiger partial charge < -0.3 is 59.7 Å². The van der Waals surface area contributed by atoms with Crippen molar-refractivity contribution in [2.75, 3.05) is 55.0 Å². The highest BCUT2D eigenvalue weighted by Gasteiger charge is 2.51. The normalized spacial score (nSPS) is 22.2. The molecule has 1 saturated heterocycles. The Kier molecular flexibility index (Phi) is 29.9. The van der Waals surface area contributed by atoms with Crippen molar-refractivity contribution in [3.05, 3.63) is 112 Å². The second-order valence-corrected chi connectivity index (χ2v) is 42.2. The van der Waals surface area contributed by atoms with E-state index in [1.165, 1.54) is 30.3 Å². The number of aliphatic hydroxyl groups excluding tert-OH is 1. The average molecular weight is 1780 g/mol. The maximum atomic E-state index is 12.9. The predicted molar refractivity (Wildman–Crippen MR) is 382 cm³/mol. The van der Waals surface area contributed by atoms with Crippen LogP contribution in [0.4, 0.5) is 17.2 Å². The Hall–Kier alpha value is -4.91. The SMILES string of the molecule is CC1(C)C(C=CC=CC=C2N(CCCS(=O)(=O)O)c3ccc(S(=O)(=O)[O-])cc3C2(C)CCCCCC(=O)NCCCCCCOP(=O)(O)OP(=O)(O)OP(=O)(O)OP(=O)(O)OP(=O)(O)OP(=O)(O)OC[C@H]2O[C@@H](n3ccc(N)nc3=O)C[C@@H]2O)=[N+](CCCS(=O)(=O)O)c2ccc3c(S(=O)(=O)O)cc(S(=O)(=O)O)cc3c21. The molecular weight excluding hydrogens is 1700 g/mol. The van der Waals surface area contributed by atoms with Crippen LogP contribution in [0, 0.1) is 0 Å². The third kappa shape index (κ3) is 26.0. The van der Waals surface area contributed by atoms with Gasteiger partial charge in [0.15, 0.2) is 5.71 Å². The number of hydrogen-bond acceptors (Lipinski definition) is 31. The van der Waals surface area contributed by atoms with Crippen LogP contribution in [-0.2, 0) is 129 Å². The second-order valence-electron chi connectivity index (χ2n) is 25.4. The van der Waals surface area contributed by atoms with Crippen molar-refractivity contribution in [3.63, 3.8) is 0 Å². The number of phosphoric ester groups is 2. The van der Waals surface area contributed by atoms with Crippen molar-refractivity contribution in [3.8, 4) is 0 Å². The number of nitrogens with one attached hydrogen (secondary N) is 1. The van der Waals surface area contributed by atoms with Gasteiger partial charge in [0.25, 0.3) is 40.5 Å². The van der Waals surface area contributed by atoms with Gasteiger partial charge in [-0.3, -0.25) is 36.6 Å². The van der Waals surface area contributed by atoms with E-state index in [4.69, 9.17) is 10.5 Å². The fourth-order valence-electron chi connectivity index (χ4n) is 12.2. The van der Waals surface area contributed by atoms with E-state index in [0.29, 0.717) is 72.1 Å². The molecule has 0 bridgehead atoms. The molecule has 7 rings (SSSR count). The lowest BCUT2D eigenvalue weighted by Gasteiger charge is -2.30. The van der Waals surface area contributed by atoms with E-state index in [1.54, 1.807) is 60.6 Å². The summed E-state index contributed by atoms with van der Waals surface area (Å²) in [7, 11) is -61.8. The highest BCUT2D eigenvalue weighted by molar-refractivity contribution is 7.87. The summed E-state index contributed by atoms with van der Waals surface area (Å²) < 4.78 is 285. The van der Waals surface area contributed by atoms with Crippen LogP contribution < -0.4 is 21.6 Å². The fraction of sp³-hybridized carbons (Fsp3) is 0.491. The second kappa shape index (κ2) is 35.7. The average Bonchev–Trinajstić information content (AvgIpc) is 1.55. The van der Waals surface area contributed by atoms with Crippen molar-refractivity contribution in [1.82, 2.24) is 14.9 Å². The Labute approximate surface area is 629 Å². The maximum absolute atomic E-state index is 12.9. The van der Waals surface area contributed by atoms with Crippen molar-refractivity contribution >= 4 is 137 Å². The number of aliphatic hydroxyl groups is 1. The van der Waals surface area contributed by atoms with E-state index < -0.39 is 172 Å². The van der Waals surface area contributed by atoms with Crippen LogP contribution in [0.5, 0.6) is 0 Å². The standard InChI is InChI=1S/C55H78N6O38P6S5/c1-54(2)47(60(27-15-31-107(80,81)82)43-22-20-39-40(52(43)54)32-38(109(86,87)88)34-46(39)110(89,90)91)16-8-6-9-17-48-55(3,41-33-37(108(83,84)85)19-21-42(41)59(48)26-14-30-106(77,78)79)24-11-7-10-18-50(63)57-25-12-4-5-13-29-92-100(65,66)95-102(69,70)97-104(73,74)99-105(75,76)98-103(71,72)96-101(67,68)93-36-45-44(62)35-51(94-45)61-28-23-49(56)58-53(61)64/h6,8-9,16-17,19-23,28,32-34,44-45,51,62H,4-5,7,10-15,18,24-27,29-31,35-36H2,1-3H3,(H13-,56,57,58,63,64,65,66,67,68,69,70,71,72,73,74,75,76,77,78,79,80,81,82,83,84,85,86,87,88,89,90,91)/t44-,45+,51+,55?/m0/s1. The summed E-state index contributed by atoms with van der Waals surface area (Å²) in [5, 5.41) is 12.9. The summed E-state index contributed by atoms with van der Waals surface area (Å²) in [6, 6.07) is 9.22. The number of carbonyl (C=O) groups excluding carboxylic acids is 1. The van der Waals surface area contributed by atoms with Crippen LogP contribution >= 0.6 is 46.9 Å². The Bertz CT molecular complexity index is 5300. The molecule has 1 aromatic heterocycles. The summed E-state index contributed by atoms with van der Waals surface area (Å²) in [5.74, 6) is -1.91. The van der Waals surface area contributed by atoms with Crippen LogP contribution in [0.1, 0.15) is 115 Å². The Morgan fingerprint density at radius 2 is 1.27 bits per heavy atom. The Balaban J connectivity index is 0.910. The summed E-state index contributed by atoms with van der Waals surface area (Å²) in [4.78, 5) is 87.3. The van der Waals surface area contributed by atoms with Crippen molar-refractivity contribution < 1.29 is 171 Å². The van der Waals surface area contributed by atoms with Gasteiger partial charge in [-0.15, -0.1) is 0 Å². The van der Waals surface area contributed by atoms with E-state index in [1.807, 2.05) is 0 Å². The van der Waals surface area contributed by atoms with Gasteiger partial charge in [0, 0.05) is 78.4 Å². The number of hydrogen-bond donors (Lipinski definition) is 13. The summed E-state index contributed by atoms with van der Waals surface area (Å²) >= 11 is 0. The van der Waals surface area contributed by atoms with Gasteiger partial charge in [-0.25, -0.2) is 40.6 Å². The number of phosphoric acid groups is 6. The van der Waals surface area contributed by atoms with Crippen molar-refractivity contribution in [2.45, 2.75) is 142 Å². The lowest BCUT2D eigenvalue weighted by molar-refractivity contribution is -0.437. The molecule has 1 amide bonds. The molecule has 3 aromatic carbocycles. The number of unbranched alkanes of at least 4 members (excludes halogenated alkanes) is 5. The quantitative estimate of drug-likeness (QED) is 0.00822. The number of nitrogens with two attached hydrogens (primary N) is 1. The van der Waals surface area contributed by atoms with Crippen LogP contribution in [0.3, 0.4) is 0 Å². The Morgan fingerprint density at radius 3 is 1.85 bits per heavy atom. The minimum absolute atomic E-state index is 0.0104. The van der Waals surface area contributed by atoms with Gasteiger partial charge in [-0.05, 0) is 112 Å². The van der Waals surface area contributed by atoms with Crippen LogP contribution in [0.25, 0.3) is 10.8 Å². The first-order valence-electron chi connectivity index (χ1n) is 32.2. The predicted octanol–water partition coefficient (Wildman–Crippen LogP) is 5.78. The van der Waals surface area contributed by atoms with Gasteiger partial charge in [-0.2, -0.15) is 64.8 Å². The number of rotatable bonds is 42. The summed E-state index contributed by atoms with van der Waals surface area (Å²) in [5.41, 5.74) is 4.41. The lowest BCUT2D eigenvalue weighted by atomic mass is 9.77. The van der Waals surface area contributed by atoms with Gasteiger partial charge >= 0.3 is 52.6 Å². The molecule has 0 aliphatic carbocycles. The van der Waals surface area contributed by atoms with Crippen molar-refractivity contribution in [1.29, 1.82) is 0 Å². The zero-order chi connectivity index (χ0) is 82.5. The zero-order valence-corrected chi connectivity index (χ0v) is 67.2. The minimum Gasteiger partial charge on any atom is -0.744 e. The van der Waals surface area contributed by atoms with Crippen molar-refractivity contribution in [2.24, 2.45) is 0 Å². The summed E-state index contributed by atoms with van der Waals surface area (Å²) in [6.07, 6.45) is 6.26. The van der Waals surface area contributed by atoms with Crippen LogP contribution in [-0.4, -0.2) is 182 Å². The molecule has 0 radical (unpaired) electrons. The highest BCUT2D eigenvalue weighted by Crippen LogP contribution is 2.75. The maximum Gasteiger partial charge on any atom is 0.490 e. The monoisotopic (exact) mass is 1780 g/mol. The van der Waals surface area contributed by atoms with Gasteiger partial charge in [-0.1, -0.05) is 43.9 Å². The van der Waals surface area contributed by atoms with Crippen LogP contribution in [0.2, 0.25) is 0 Å². The van der Waals surface area contributed by atoms with E-state index >= 15 is 0 Å². The number of fused-ring (bicyclic) bond motifs is 4. The molecule has 0 saturated carbocycles. The van der Waals surface area contributed by atoms with E-state index in [9.17, 15) is 136 Å². The lowest BCUT2D eigenvalue weighted by Crippen LogP contribution is -2.30. The molecule has 44 nitrogen and oxygen atoms in total. The third-order valence-corrected chi connectivity index (χ3v) is 30.2. The fourth-order valence-corrected chi connectivity index (χ4v) is 22.9. The number of nitrogens with zero attached hydrogens (tertiary/aromatic N) is 4. The summed E-state index contributed by atoms with van der Waals surface area (Å²) in [6.45, 7) is 3.26. The van der Waals surface area contributed by atoms with Gasteiger partial charge in [0.05, 0.1) is 46.0 Å². The van der Waals surface area contributed by atoms with E-state index in [-0.39, 0.29) is 87.1 Å². The Morgan fingerprint density at radius 1 is 0.691 bits per heavy atom. The molecule has 0 spiro atoms. The van der Waals surface area contributed by atoms with Gasteiger partial charge in [0.1, 0.15) is 39.7 Å². The number of ether oxygens (including phenoxy) is 1. The van der Waals surface area contributed by atoms with E-state index in [2.05, 4.69) is 40.9 Å². The molecule has 616 valence electrons. The molecular formula is C55H78N6O38P6S5. The zero-order valence-electron chi connectivity index (χ0n) is 57.8. The number of anilines is 2. The smallest absolute Gasteiger partial charge is 0.490 e. The molecule has 3 aliphatic rings. The highest BCUT2D eigenvalue weighted by atomic mass is 32.2. The first-order chi connectivity index (χ1) is 50.3. The number of carbonyl (C=O) groups is 1. The molecule has 10 atom stereocenters. The third-order valence-electron chi connectivity index (χ3n) is 16.8. The molecule has 1 fully saturated rings. The molecule has 4 aromatic rings. The first kappa shape index (κ1) is 92.3. The largest absolute Gasteiger partial charge is 0.744 e. The molecule has 55 heteroatoms. The molecule has 14 N–H and O–H groups in total. The number of amides is 1. The first-order valence-corrected chi connectivity index (χ1v) is 48.6. The number of aromatic nitrogens is 2. The number of nitrogen functional groups attached to an aromatic ring is 1. The molecule has 110 heavy (non-hydrogen) atoms. The number of allylic oxidation sites excluding steroid dienone is 6.